The molecule has 0 aliphatic rings. The molecular weight excluding hydrogens is 158 g/mol. The van der Waals surface area contributed by atoms with Crippen molar-refractivity contribution in [2.24, 2.45) is 5.73 Å². The van der Waals surface area contributed by atoms with Crippen molar-refractivity contribution in [1.29, 1.82) is 0 Å². The SMILES string of the molecule is N[C@@H](Cc1ncccn1)C(=O)O. The molecule has 0 aliphatic heterocycles. The van der Waals surface area contributed by atoms with Gasteiger partial charge in [0.15, 0.2) is 0 Å². The normalized spacial score (nSPS) is 12.4. The summed E-state index contributed by atoms with van der Waals surface area (Å²) < 4.78 is 0. The van der Waals surface area contributed by atoms with Gasteiger partial charge in [0.1, 0.15) is 11.9 Å². The van der Waals surface area contributed by atoms with Gasteiger partial charge in [-0.2, -0.15) is 0 Å². The average molecular weight is 167 g/mol. The van der Waals surface area contributed by atoms with Crippen molar-refractivity contribution in [1.82, 2.24) is 9.97 Å². The van der Waals surface area contributed by atoms with Crippen LogP contribution in [0.3, 0.4) is 0 Å². The molecule has 0 bridgehead atoms. The van der Waals surface area contributed by atoms with E-state index in [-0.39, 0.29) is 6.42 Å². The Hall–Kier alpha value is -1.49. The summed E-state index contributed by atoms with van der Waals surface area (Å²) in [5.41, 5.74) is 5.27. The lowest BCUT2D eigenvalue weighted by Crippen LogP contribution is -2.32. The summed E-state index contributed by atoms with van der Waals surface area (Å²) in [4.78, 5) is 18.0. The van der Waals surface area contributed by atoms with Gasteiger partial charge in [0, 0.05) is 18.8 Å². The molecule has 1 rings (SSSR count). The van der Waals surface area contributed by atoms with Crippen molar-refractivity contribution in [2.45, 2.75) is 12.5 Å². The largest absolute Gasteiger partial charge is 0.480 e. The second kappa shape index (κ2) is 3.77. The first kappa shape index (κ1) is 8.61. The Morgan fingerprint density at radius 1 is 1.58 bits per heavy atom. The molecule has 1 atom stereocenters. The number of nitrogens with two attached hydrogens (primary N) is 1. The predicted molar refractivity (Wildman–Crippen MR) is 41.3 cm³/mol. The molecule has 0 unspecified atom stereocenters. The monoisotopic (exact) mass is 167 g/mol. The molecule has 0 saturated carbocycles. The van der Waals surface area contributed by atoms with Crippen LogP contribution in [0.15, 0.2) is 18.5 Å². The summed E-state index contributed by atoms with van der Waals surface area (Å²) in [5.74, 6) is -0.588. The van der Waals surface area contributed by atoms with Crippen molar-refractivity contribution in [3.05, 3.63) is 24.3 Å². The van der Waals surface area contributed by atoms with Crippen molar-refractivity contribution in [3.8, 4) is 0 Å². The standard InChI is InChI=1S/C7H9N3O2/c8-5(7(11)12)4-6-9-2-1-3-10-6/h1-3,5H,4,8H2,(H,11,12)/t5-/m0/s1. The Morgan fingerprint density at radius 3 is 2.67 bits per heavy atom. The van der Waals surface area contributed by atoms with Gasteiger partial charge in [-0.3, -0.25) is 4.79 Å². The van der Waals surface area contributed by atoms with Gasteiger partial charge in [-0.1, -0.05) is 0 Å². The molecule has 12 heavy (non-hydrogen) atoms. The van der Waals surface area contributed by atoms with Crippen LogP contribution in [0.1, 0.15) is 5.82 Å². The lowest BCUT2D eigenvalue weighted by Gasteiger charge is -2.03. The smallest absolute Gasteiger partial charge is 0.320 e. The maximum atomic E-state index is 10.3. The second-order valence-corrected chi connectivity index (χ2v) is 2.31. The van der Waals surface area contributed by atoms with Gasteiger partial charge in [-0.05, 0) is 6.07 Å². The minimum Gasteiger partial charge on any atom is -0.480 e. The molecule has 0 aromatic carbocycles. The Kier molecular flexibility index (Phi) is 2.71. The fourth-order valence-corrected chi connectivity index (χ4v) is 0.719. The van der Waals surface area contributed by atoms with Gasteiger partial charge >= 0.3 is 5.97 Å². The molecule has 0 spiro atoms. The van der Waals surface area contributed by atoms with Gasteiger partial charge in [0.2, 0.25) is 0 Å². The maximum Gasteiger partial charge on any atom is 0.320 e. The van der Waals surface area contributed by atoms with Gasteiger partial charge < -0.3 is 10.8 Å². The number of nitrogens with zero attached hydrogens (tertiary/aromatic N) is 2. The summed E-state index contributed by atoms with van der Waals surface area (Å²) in [6.45, 7) is 0. The Bertz CT molecular complexity index is 263. The third-order valence-corrected chi connectivity index (χ3v) is 1.34. The molecular formula is C7H9N3O2. The molecule has 1 heterocycles. The van der Waals surface area contributed by atoms with Crippen LogP contribution in [0.5, 0.6) is 0 Å². The van der Waals surface area contributed by atoms with Crippen LogP contribution in [0.2, 0.25) is 0 Å². The van der Waals surface area contributed by atoms with Gasteiger partial charge in [-0.25, -0.2) is 9.97 Å². The highest BCUT2D eigenvalue weighted by molar-refractivity contribution is 5.73. The minimum atomic E-state index is -1.04. The number of hydrogen-bond acceptors (Lipinski definition) is 4. The minimum absolute atomic E-state index is 0.163. The zero-order valence-electron chi connectivity index (χ0n) is 6.34. The summed E-state index contributed by atoms with van der Waals surface area (Å²) in [6.07, 6.45) is 3.27. The van der Waals surface area contributed by atoms with Gasteiger partial charge in [-0.15, -0.1) is 0 Å². The molecule has 3 N–H and O–H groups in total. The van der Waals surface area contributed by atoms with Gasteiger partial charge in [0.25, 0.3) is 0 Å². The second-order valence-electron chi connectivity index (χ2n) is 2.31. The lowest BCUT2D eigenvalue weighted by molar-refractivity contribution is -0.138. The molecule has 5 nitrogen and oxygen atoms in total. The number of carbonyl (C=O) groups is 1. The summed E-state index contributed by atoms with van der Waals surface area (Å²) in [6, 6.07) is 0.739. The van der Waals surface area contributed by atoms with E-state index < -0.39 is 12.0 Å². The number of rotatable bonds is 3. The van der Waals surface area contributed by atoms with E-state index in [1.54, 1.807) is 18.5 Å². The van der Waals surface area contributed by atoms with Crippen LogP contribution in [0, 0.1) is 0 Å². The van der Waals surface area contributed by atoms with E-state index in [4.69, 9.17) is 10.8 Å². The molecule has 0 aliphatic carbocycles. The van der Waals surface area contributed by atoms with E-state index in [9.17, 15) is 4.79 Å². The highest BCUT2D eigenvalue weighted by Crippen LogP contribution is 1.92. The van der Waals surface area contributed by atoms with Gasteiger partial charge in [0.05, 0.1) is 0 Å². The van der Waals surface area contributed by atoms with E-state index >= 15 is 0 Å². The highest BCUT2D eigenvalue weighted by atomic mass is 16.4. The van der Waals surface area contributed by atoms with Crippen LogP contribution < -0.4 is 5.73 Å². The Balaban J connectivity index is 2.58. The molecule has 0 radical (unpaired) electrons. The molecule has 0 amide bonds. The quantitative estimate of drug-likeness (QED) is 0.629. The fraction of sp³-hybridized carbons (Fsp3) is 0.286. The number of carboxylic acids is 1. The highest BCUT2D eigenvalue weighted by Gasteiger charge is 2.12. The summed E-state index contributed by atoms with van der Waals surface area (Å²) in [5, 5.41) is 8.46. The lowest BCUT2D eigenvalue weighted by atomic mass is 10.2. The maximum absolute atomic E-state index is 10.3. The number of hydrogen-bond donors (Lipinski definition) is 2. The van der Waals surface area contributed by atoms with Crippen LogP contribution in [-0.4, -0.2) is 27.1 Å². The molecule has 1 aromatic rings. The van der Waals surface area contributed by atoms with E-state index in [1.165, 1.54) is 0 Å². The van der Waals surface area contributed by atoms with Crippen molar-refractivity contribution >= 4 is 5.97 Å². The average Bonchev–Trinajstić information content (AvgIpc) is 2.06. The molecule has 0 saturated heterocycles. The molecule has 5 heteroatoms. The number of aromatic nitrogens is 2. The first-order valence-corrected chi connectivity index (χ1v) is 3.44. The van der Waals surface area contributed by atoms with Crippen LogP contribution in [0.4, 0.5) is 0 Å². The topological polar surface area (TPSA) is 89.1 Å². The van der Waals surface area contributed by atoms with Crippen molar-refractivity contribution < 1.29 is 9.90 Å². The molecule has 1 aromatic heterocycles. The van der Waals surface area contributed by atoms with E-state index in [2.05, 4.69) is 9.97 Å². The van der Waals surface area contributed by atoms with E-state index in [0.717, 1.165) is 0 Å². The summed E-state index contributed by atoms with van der Waals surface area (Å²) >= 11 is 0. The third-order valence-electron chi connectivity index (χ3n) is 1.34. The molecule has 0 fully saturated rings. The Labute approximate surface area is 69.3 Å². The van der Waals surface area contributed by atoms with Crippen LogP contribution in [0.25, 0.3) is 0 Å². The molecule has 64 valence electrons. The van der Waals surface area contributed by atoms with E-state index in [0.29, 0.717) is 5.82 Å². The van der Waals surface area contributed by atoms with Crippen LogP contribution in [-0.2, 0) is 11.2 Å². The first-order chi connectivity index (χ1) is 5.70. The third kappa shape index (κ3) is 2.28. The van der Waals surface area contributed by atoms with E-state index in [1.807, 2.05) is 0 Å². The zero-order valence-corrected chi connectivity index (χ0v) is 6.34. The summed E-state index contributed by atoms with van der Waals surface area (Å²) in [7, 11) is 0. The van der Waals surface area contributed by atoms with Crippen molar-refractivity contribution in [2.75, 3.05) is 0 Å². The van der Waals surface area contributed by atoms with Crippen LogP contribution >= 0.6 is 0 Å². The number of carboxylic acid groups (broad SMARTS) is 1. The predicted octanol–water partition coefficient (Wildman–Crippen LogP) is -0.569. The van der Waals surface area contributed by atoms with Crippen molar-refractivity contribution in [3.63, 3.8) is 0 Å². The number of aliphatic carboxylic acids is 1. The Morgan fingerprint density at radius 2 is 2.17 bits per heavy atom. The fourth-order valence-electron chi connectivity index (χ4n) is 0.719. The first-order valence-electron chi connectivity index (χ1n) is 3.44. The zero-order chi connectivity index (χ0) is 8.97.